The fourth-order valence-electron chi connectivity index (χ4n) is 1.94. The minimum atomic E-state index is 0.104. The standard InChI is InChI=1S/C10H19N5S/c1-10(2,7-11)15-5-3-14(4-6-15)9-12-8-13-16-9/h8H,3-7,11H2,1-2H3. The summed E-state index contributed by atoms with van der Waals surface area (Å²) in [5.41, 5.74) is 5.90. The molecule has 1 saturated heterocycles. The summed E-state index contributed by atoms with van der Waals surface area (Å²) in [4.78, 5) is 8.98. The summed E-state index contributed by atoms with van der Waals surface area (Å²) >= 11 is 1.47. The van der Waals surface area contributed by atoms with E-state index in [4.69, 9.17) is 5.73 Å². The number of rotatable bonds is 3. The molecule has 5 nitrogen and oxygen atoms in total. The molecule has 0 spiro atoms. The molecular formula is C10H19N5S. The first-order valence-corrected chi connectivity index (χ1v) is 6.37. The van der Waals surface area contributed by atoms with Gasteiger partial charge in [-0.15, -0.1) is 0 Å². The Kier molecular flexibility index (Phi) is 3.41. The van der Waals surface area contributed by atoms with E-state index in [1.165, 1.54) is 11.5 Å². The lowest BCUT2D eigenvalue weighted by Gasteiger charge is -2.43. The predicted octanol–water partition coefficient (Wildman–Crippen LogP) is 0.397. The largest absolute Gasteiger partial charge is 0.344 e. The van der Waals surface area contributed by atoms with E-state index in [1.807, 2.05) is 0 Å². The van der Waals surface area contributed by atoms with Crippen LogP contribution in [0.15, 0.2) is 6.33 Å². The van der Waals surface area contributed by atoms with Crippen molar-refractivity contribution in [2.45, 2.75) is 19.4 Å². The maximum atomic E-state index is 5.79. The second-order valence-corrected chi connectivity index (χ2v) is 5.47. The van der Waals surface area contributed by atoms with Gasteiger partial charge in [0.1, 0.15) is 6.33 Å². The smallest absolute Gasteiger partial charge is 0.205 e. The van der Waals surface area contributed by atoms with Crippen molar-refractivity contribution in [3.8, 4) is 0 Å². The van der Waals surface area contributed by atoms with Crippen molar-refractivity contribution in [2.24, 2.45) is 5.73 Å². The van der Waals surface area contributed by atoms with Crippen molar-refractivity contribution in [1.82, 2.24) is 14.3 Å². The van der Waals surface area contributed by atoms with Gasteiger partial charge in [0.05, 0.1) is 0 Å². The highest BCUT2D eigenvalue weighted by Gasteiger charge is 2.29. The molecule has 0 radical (unpaired) electrons. The Bertz CT molecular complexity index is 316. The molecule has 2 N–H and O–H groups in total. The van der Waals surface area contributed by atoms with Gasteiger partial charge in [-0.25, -0.2) is 4.98 Å². The summed E-state index contributed by atoms with van der Waals surface area (Å²) in [5.74, 6) is 0. The zero-order valence-corrected chi connectivity index (χ0v) is 10.7. The number of aromatic nitrogens is 2. The van der Waals surface area contributed by atoms with Gasteiger partial charge >= 0.3 is 0 Å². The lowest BCUT2D eigenvalue weighted by atomic mass is 10.0. The minimum absolute atomic E-state index is 0.104. The van der Waals surface area contributed by atoms with Gasteiger partial charge in [0, 0.05) is 49.8 Å². The molecule has 0 saturated carbocycles. The lowest BCUT2D eigenvalue weighted by Crippen LogP contribution is -2.57. The molecule has 90 valence electrons. The Balaban J connectivity index is 1.92. The molecule has 0 unspecified atom stereocenters. The van der Waals surface area contributed by atoms with Crippen LogP contribution < -0.4 is 10.6 Å². The maximum absolute atomic E-state index is 5.79. The lowest BCUT2D eigenvalue weighted by molar-refractivity contribution is 0.119. The zero-order chi connectivity index (χ0) is 11.6. The van der Waals surface area contributed by atoms with Crippen LogP contribution in [0.5, 0.6) is 0 Å². The van der Waals surface area contributed by atoms with Gasteiger partial charge in [-0.1, -0.05) is 0 Å². The molecule has 1 aliphatic rings. The van der Waals surface area contributed by atoms with Crippen LogP contribution in [0.1, 0.15) is 13.8 Å². The highest BCUT2D eigenvalue weighted by Crippen LogP contribution is 2.20. The average molecular weight is 241 g/mol. The van der Waals surface area contributed by atoms with Crippen molar-refractivity contribution < 1.29 is 0 Å². The Morgan fingerprint density at radius 3 is 2.56 bits per heavy atom. The molecule has 1 aromatic heterocycles. The third kappa shape index (κ3) is 2.34. The summed E-state index contributed by atoms with van der Waals surface area (Å²) in [6.07, 6.45) is 1.62. The zero-order valence-electron chi connectivity index (χ0n) is 9.89. The highest BCUT2D eigenvalue weighted by molar-refractivity contribution is 7.09. The first-order chi connectivity index (χ1) is 7.63. The molecule has 2 rings (SSSR count). The van der Waals surface area contributed by atoms with Gasteiger partial charge in [-0.3, -0.25) is 4.90 Å². The molecule has 1 aliphatic heterocycles. The molecule has 0 aliphatic carbocycles. The third-order valence-corrected chi connectivity index (χ3v) is 3.98. The van der Waals surface area contributed by atoms with Gasteiger partial charge in [-0.2, -0.15) is 4.37 Å². The predicted molar refractivity (Wildman–Crippen MR) is 66.8 cm³/mol. The minimum Gasteiger partial charge on any atom is -0.344 e. The van der Waals surface area contributed by atoms with Crippen molar-refractivity contribution in [3.05, 3.63) is 6.33 Å². The van der Waals surface area contributed by atoms with Crippen LogP contribution in [0.3, 0.4) is 0 Å². The van der Waals surface area contributed by atoms with E-state index in [1.54, 1.807) is 6.33 Å². The second-order valence-electron chi connectivity index (χ2n) is 4.71. The monoisotopic (exact) mass is 241 g/mol. The first kappa shape index (κ1) is 11.8. The van der Waals surface area contributed by atoms with Crippen LogP contribution in [0.25, 0.3) is 0 Å². The first-order valence-electron chi connectivity index (χ1n) is 5.60. The van der Waals surface area contributed by atoms with Gasteiger partial charge in [-0.05, 0) is 13.8 Å². The van der Waals surface area contributed by atoms with Gasteiger partial charge in [0.25, 0.3) is 0 Å². The van der Waals surface area contributed by atoms with Crippen molar-refractivity contribution in [2.75, 3.05) is 37.6 Å². The van der Waals surface area contributed by atoms with E-state index in [0.29, 0.717) is 6.54 Å². The average Bonchev–Trinajstić information content (AvgIpc) is 2.83. The quantitative estimate of drug-likeness (QED) is 0.830. The number of nitrogens with zero attached hydrogens (tertiary/aromatic N) is 4. The molecule has 2 heterocycles. The Morgan fingerprint density at radius 2 is 2.06 bits per heavy atom. The molecule has 0 bridgehead atoms. The molecule has 0 aromatic carbocycles. The SMILES string of the molecule is CC(C)(CN)N1CCN(c2ncns2)CC1. The van der Waals surface area contributed by atoms with Crippen molar-refractivity contribution >= 4 is 16.7 Å². The second kappa shape index (κ2) is 4.65. The van der Waals surface area contributed by atoms with Crippen LogP contribution >= 0.6 is 11.5 Å². The number of hydrogen-bond donors (Lipinski definition) is 1. The Morgan fingerprint density at radius 1 is 1.38 bits per heavy atom. The number of anilines is 1. The molecule has 0 amide bonds. The molecular weight excluding hydrogens is 222 g/mol. The summed E-state index contributed by atoms with van der Waals surface area (Å²) in [6, 6.07) is 0. The molecule has 1 aromatic rings. The topological polar surface area (TPSA) is 58.3 Å². The maximum Gasteiger partial charge on any atom is 0.205 e. The van der Waals surface area contributed by atoms with E-state index >= 15 is 0 Å². The number of nitrogens with two attached hydrogens (primary N) is 1. The molecule has 16 heavy (non-hydrogen) atoms. The summed E-state index contributed by atoms with van der Waals surface area (Å²) in [7, 11) is 0. The van der Waals surface area contributed by atoms with E-state index in [9.17, 15) is 0 Å². The molecule has 0 atom stereocenters. The third-order valence-electron chi connectivity index (χ3n) is 3.26. The van der Waals surface area contributed by atoms with Crippen molar-refractivity contribution in [1.29, 1.82) is 0 Å². The van der Waals surface area contributed by atoms with E-state index < -0.39 is 0 Å². The summed E-state index contributed by atoms with van der Waals surface area (Å²) in [5, 5.41) is 1.03. The van der Waals surface area contributed by atoms with Gasteiger partial charge in [0.2, 0.25) is 5.13 Å². The molecule has 1 fully saturated rings. The van der Waals surface area contributed by atoms with Crippen LogP contribution in [-0.4, -0.2) is 52.5 Å². The fourth-order valence-corrected chi connectivity index (χ4v) is 2.52. The number of hydrogen-bond acceptors (Lipinski definition) is 6. The Hall–Kier alpha value is -0.720. The van der Waals surface area contributed by atoms with E-state index in [2.05, 4.69) is 33.0 Å². The van der Waals surface area contributed by atoms with Crippen molar-refractivity contribution in [3.63, 3.8) is 0 Å². The van der Waals surface area contributed by atoms with Crippen LogP contribution in [0, 0.1) is 0 Å². The molecule has 6 heteroatoms. The van der Waals surface area contributed by atoms with E-state index in [-0.39, 0.29) is 5.54 Å². The fraction of sp³-hybridized carbons (Fsp3) is 0.800. The normalized spacial score (nSPS) is 19.1. The number of piperazine rings is 1. The summed E-state index contributed by atoms with van der Waals surface area (Å²) < 4.78 is 4.04. The Labute approximate surface area is 100 Å². The van der Waals surface area contributed by atoms with Crippen LogP contribution in [-0.2, 0) is 0 Å². The summed E-state index contributed by atoms with van der Waals surface area (Å²) in [6.45, 7) is 9.22. The van der Waals surface area contributed by atoms with Gasteiger partial charge < -0.3 is 10.6 Å². The highest BCUT2D eigenvalue weighted by atomic mass is 32.1. The van der Waals surface area contributed by atoms with Crippen LogP contribution in [0.2, 0.25) is 0 Å². The van der Waals surface area contributed by atoms with Gasteiger partial charge in [0.15, 0.2) is 0 Å². The van der Waals surface area contributed by atoms with E-state index in [0.717, 1.165) is 31.3 Å². The van der Waals surface area contributed by atoms with Crippen LogP contribution in [0.4, 0.5) is 5.13 Å².